The number of anilines is 1. The number of nitro groups is 2. The lowest BCUT2D eigenvalue weighted by Crippen LogP contribution is -2.13. The fraction of sp³-hybridized carbons (Fsp3) is 0. The van der Waals surface area contributed by atoms with E-state index < -0.39 is 15.8 Å². The molecule has 0 aliphatic heterocycles. The van der Waals surface area contributed by atoms with Crippen molar-refractivity contribution in [1.29, 1.82) is 0 Å². The Labute approximate surface area is 145 Å². The first kappa shape index (κ1) is 16.7. The first-order chi connectivity index (χ1) is 12.5. The highest BCUT2D eigenvalue weighted by Gasteiger charge is 2.20. The number of amides is 1. The molecule has 0 spiro atoms. The van der Waals surface area contributed by atoms with Gasteiger partial charge in [0.05, 0.1) is 9.85 Å². The molecule has 0 fully saturated rings. The molecule has 0 saturated heterocycles. The number of carbonyl (C=O) groups excluding carboxylic acids is 1. The Balaban J connectivity index is 1.90. The molecule has 0 radical (unpaired) electrons. The number of rotatable bonds is 5. The summed E-state index contributed by atoms with van der Waals surface area (Å²) in [6, 6.07) is 9.23. The van der Waals surface area contributed by atoms with E-state index in [-0.39, 0.29) is 28.3 Å². The van der Waals surface area contributed by atoms with Crippen LogP contribution in [0.3, 0.4) is 0 Å². The summed E-state index contributed by atoms with van der Waals surface area (Å²) in [7, 11) is 0. The van der Waals surface area contributed by atoms with Gasteiger partial charge in [-0.25, -0.2) is 9.67 Å². The third kappa shape index (κ3) is 3.36. The topological polar surface area (TPSA) is 146 Å². The number of nitrogens with zero attached hydrogens (tertiary/aromatic N) is 5. The Bertz CT molecular complexity index is 1000. The highest BCUT2D eigenvalue weighted by atomic mass is 16.6. The van der Waals surface area contributed by atoms with Gasteiger partial charge >= 0.3 is 0 Å². The quantitative estimate of drug-likeness (QED) is 0.546. The van der Waals surface area contributed by atoms with Gasteiger partial charge in [-0.3, -0.25) is 25.0 Å². The summed E-state index contributed by atoms with van der Waals surface area (Å²) in [4.78, 5) is 36.9. The minimum atomic E-state index is -0.640. The lowest BCUT2D eigenvalue weighted by Gasteiger charge is -2.07. The SMILES string of the molecule is O=C(Nc1cccc([N+](=O)[O-])c1)c1ccc(-n2cncn2)c([N+](=O)[O-])c1. The molecule has 0 aliphatic carbocycles. The number of non-ortho nitro benzene ring substituents is 1. The van der Waals surface area contributed by atoms with Crippen LogP contribution in [0.25, 0.3) is 5.69 Å². The van der Waals surface area contributed by atoms with Crippen molar-refractivity contribution in [1.82, 2.24) is 14.8 Å². The Morgan fingerprint density at radius 2 is 1.88 bits per heavy atom. The highest BCUT2D eigenvalue weighted by molar-refractivity contribution is 6.05. The molecule has 1 heterocycles. The average Bonchev–Trinajstić information content (AvgIpc) is 3.15. The van der Waals surface area contributed by atoms with Crippen LogP contribution < -0.4 is 5.32 Å². The zero-order valence-electron chi connectivity index (χ0n) is 13.0. The summed E-state index contributed by atoms with van der Waals surface area (Å²) in [5.74, 6) is -0.640. The Morgan fingerprint density at radius 1 is 1.08 bits per heavy atom. The summed E-state index contributed by atoms with van der Waals surface area (Å²) < 4.78 is 1.21. The van der Waals surface area contributed by atoms with Crippen molar-refractivity contribution in [2.24, 2.45) is 0 Å². The first-order valence-corrected chi connectivity index (χ1v) is 7.15. The van der Waals surface area contributed by atoms with Gasteiger partial charge in [0, 0.05) is 29.4 Å². The van der Waals surface area contributed by atoms with Gasteiger partial charge in [0.25, 0.3) is 17.3 Å². The molecule has 26 heavy (non-hydrogen) atoms. The van der Waals surface area contributed by atoms with E-state index in [1.807, 2.05) is 0 Å². The number of carbonyl (C=O) groups is 1. The average molecular weight is 354 g/mol. The standard InChI is InChI=1S/C15H10N6O5/c22-15(18-11-2-1-3-12(7-11)20(23)24)10-4-5-13(14(6-10)21(25)26)19-9-16-8-17-19/h1-9H,(H,18,22). The maximum Gasteiger partial charge on any atom is 0.295 e. The van der Waals surface area contributed by atoms with Gasteiger partial charge in [0.2, 0.25) is 0 Å². The van der Waals surface area contributed by atoms with Crippen molar-refractivity contribution in [2.75, 3.05) is 5.32 Å². The third-order valence-corrected chi connectivity index (χ3v) is 3.41. The van der Waals surface area contributed by atoms with Crippen molar-refractivity contribution in [3.63, 3.8) is 0 Å². The van der Waals surface area contributed by atoms with Crippen molar-refractivity contribution in [3.05, 3.63) is 80.9 Å². The Morgan fingerprint density at radius 3 is 2.54 bits per heavy atom. The fourth-order valence-corrected chi connectivity index (χ4v) is 2.24. The zero-order chi connectivity index (χ0) is 18.7. The van der Waals surface area contributed by atoms with Crippen molar-refractivity contribution in [3.8, 4) is 5.69 Å². The molecule has 3 aromatic rings. The van der Waals surface area contributed by atoms with Crippen molar-refractivity contribution in [2.45, 2.75) is 0 Å². The Hall–Kier alpha value is -4.15. The fourth-order valence-electron chi connectivity index (χ4n) is 2.24. The predicted octanol–water partition coefficient (Wildman–Crippen LogP) is 2.34. The molecular formula is C15H10N6O5. The molecule has 130 valence electrons. The number of nitrogens with one attached hydrogen (secondary N) is 1. The van der Waals surface area contributed by atoms with Gasteiger partial charge in [-0.1, -0.05) is 6.07 Å². The normalized spacial score (nSPS) is 10.3. The molecule has 1 amide bonds. The van der Waals surface area contributed by atoms with E-state index in [9.17, 15) is 25.0 Å². The maximum atomic E-state index is 12.3. The molecule has 11 nitrogen and oxygen atoms in total. The van der Waals surface area contributed by atoms with Crippen LogP contribution in [0.4, 0.5) is 17.1 Å². The lowest BCUT2D eigenvalue weighted by molar-refractivity contribution is -0.384. The van der Waals surface area contributed by atoms with Crippen LogP contribution in [0.2, 0.25) is 0 Å². The van der Waals surface area contributed by atoms with Crippen LogP contribution in [0.1, 0.15) is 10.4 Å². The molecule has 2 aromatic carbocycles. The number of hydrogen-bond acceptors (Lipinski definition) is 7. The molecule has 0 aliphatic rings. The van der Waals surface area contributed by atoms with Crippen LogP contribution in [0, 0.1) is 20.2 Å². The monoisotopic (exact) mass is 354 g/mol. The molecule has 0 saturated carbocycles. The summed E-state index contributed by atoms with van der Waals surface area (Å²) >= 11 is 0. The second kappa shape index (κ2) is 6.76. The van der Waals surface area contributed by atoms with E-state index in [4.69, 9.17) is 0 Å². The van der Waals surface area contributed by atoms with Gasteiger partial charge in [0.15, 0.2) is 0 Å². The zero-order valence-corrected chi connectivity index (χ0v) is 13.0. The smallest absolute Gasteiger partial charge is 0.295 e. The molecule has 3 rings (SSSR count). The second-order valence-corrected chi connectivity index (χ2v) is 5.06. The van der Waals surface area contributed by atoms with Gasteiger partial charge in [0.1, 0.15) is 18.3 Å². The molecule has 1 aromatic heterocycles. The highest BCUT2D eigenvalue weighted by Crippen LogP contribution is 2.24. The third-order valence-electron chi connectivity index (χ3n) is 3.41. The van der Waals surface area contributed by atoms with E-state index in [0.717, 1.165) is 6.07 Å². The van der Waals surface area contributed by atoms with E-state index in [1.165, 1.54) is 53.7 Å². The van der Waals surface area contributed by atoms with Crippen LogP contribution in [0.5, 0.6) is 0 Å². The summed E-state index contributed by atoms with van der Waals surface area (Å²) in [6.07, 6.45) is 2.53. The van der Waals surface area contributed by atoms with Crippen LogP contribution in [0.15, 0.2) is 55.1 Å². The first-order valence-electron chi connectivity index (χ1n) is 7.15. The lowest BCUT2D eigenvalue weighted by atomic mass is 10.1. The van der Waals surface area contributed by atoms with Crippen LogP contribution in [-0.4, -0.2) is 30.5 Å². The summed E-state index contributed by atoms with van der Waals surface area (Å²) in [6.45, 7) is 0. The Kier molecular flexibility index (Phi) is 4.34. The summed E-state index contributed by atoms with van der Waals surface area (Å²) in [5, 5.41) is 28.4. The second-order valence-electron chi connectivity index (χ2n) is 5.06. The molecule has 0 bridgehead atoms. The van der Waals surface area contributed by atoms with E-state index in [0.29, 0.717) is 0 Å². The van der Waals surface area contributed by atoms with Crippen molar-refractivity contribution < 1.29 is 14.6 Å². The van der Waals surface area contributed by atoms with Gasteiger partial charge < -0.3 is 5.32 Å². The van der Waals surface area contributed by atoms with Crippen LogP contribution in [-0.2, 0) is 0 Å². The number of hydrogen-bond donors (Lipinski definition) is 1. The van der Waals surface area contributed by atoms with Crippen molar-refractivity contribution >= 4 is 23.0 Å². The largest absolute Gasteiger partial charge is 0.322 e. The van der Waals surface area contributed by atoms with E-state index >= 15 is 0 Å². The van der Waals surface area contributed by atoms with E-state index in [2.05, 4.69) is 15.4 Å². The molecule has 0 unspecified atom stereocenters. The van der Waals surface area contributed by atoms with Gasteiger partial charge in [-0.2, -0.15) is 5.10 Å². The number of nitro benzene ring substituents is 2. The molecule has 1 N–H and O–H groups in total. The number of aromatic nitrogens is 3. The maximum absolute atomic E-state index is 12.3. The van der Waals surface area contributed by atoms with Gasteiger partial charge in [-0.15, -0.1) is 0 Å². The minimum absolute atomic E-state index is 0.0204. The predicted molar refractivity (Wildman–Crippen MR) is 89.1 cm³/mol. The molecular weight excluding hydrogens is 344 g/mol. The van der Waals surface area contributed by atoms with E-state index in [1.54, 1.807) is 0 Å². The summed E-state index contributed by atoms with van der Waals surface area (Å²) in [5.41, 5.74) is -0.142. The molecule has 11 heteroatoms. The van der Waals surface area contributed by atoms with Gasteiger partial charge in [-0.05, 0) is 18.2 Å². The number of benzene rings is 2. The van der Waals surface area contributed by atoms with Crippen LogP contribution >= 0.6 is 0 Å². The minimum Gasteiger partial charge on any atom is -0.322 e. The molecule has 0 atom stereocenters.